The Labute approximate surface area is 79.8 Å². The Morgan fingerprint density at radius 1 is 1.29 bits per heavy atom. The van der Waals surface area contributed by atoms with Gasteiger partial charge >= 0.3 is 0 Å². The zero-order valence-corrected chi connectivity index (χ0v) is 7.16. The summed E-state index contributed by atoms with van der Waals surface area (Å²) >= 11 is 0. The first-order chi connectivity index (χ1) is 6.81. The molecule has 1 heterocycles. The number of aromatic amines is 1. The van der Waals surface area contributed by atoms with Crippen LogP contribution in [0.5, 0.6) is 0 Å². The average molecular weight is 187 g/mol. The maximum absolute atomic E-state index is 12.6. The van der Waals surface area contributed by atoms with Crippen LogP contribution in [-0.4, -0.2) is 9.97 Å². The molecule has 68 valence electrons. The molecule has 0 fully saturated rings. The molecule has 0 spiro atoms. The highest BCUT2D eigenvalue weighted by atomic mass is 19.1. The Hall–Kier alpha value is -2.15. The summed E-state index contributed by atoms with van der Waals surface area (Å²) in [5.74, 6) is -0.299. The van der Waals surface area contributed by atoms with Crippen LogP contribution in [0.4, 0.5) is 4.39 Å². The molecular weight excluding hydrogens is 181 g/mol. The standard InChI is InChI=1S/C10H6FN3/c11-8-3-1-7(2-4-8)10-9(5-12)13-6-14-10/h1-4,6H,(H,13,14). The summed E-state index contributed by atoms with van der Waals surface area (Å²) in [6.45, 7) is 0. The van der Waals surface area contributed by atoms with Crippen molar-refractivity contribution in [2.45, 2.75) is 0 Å². The van der Waals surface area contributed by atoms with Crippen LogP contribution < -0.4 is 0 Å². The summed E-state index contributed by atoms with van der Waals surface area (Å²) < 4.78 is 12.6. The van der Waals surface area contributed by atoms with Crippen LogP contribution >= 0.6 is 0 Å². The van der Waals surface area contributed by atoms with E-state index in [2.05, 4.69) is 9.97 Å². The van der Waals surface area contributed by atoms with E-state index >= 15 is 0 Å². The number of benzene rings is 1. The fourth-order valence-corrected chi connectivity index (χ4v) is 1.22. The summed E-state index contributed by atoms with van der Waals surface area (Å²) in [6.07, 6.45) is 1.44. The van der Waals surface area contributed by atoms with Crippen molar-refractivity contribution in [1.82, 2.24) is 9.97 Å². The van der Waals surface area contributed by atoms with E-state index in [1.165, 1.54) is 18.5 Å². The van der Waals surface area contributed by atoms with Crippen LogP contribution in [0, 0.1) is 17.1 Å². The SMILES string of the molecule is N#Cc1nc[nH]c1-c1ccc(F)cc1. The van der Waals surface area contributed by atoms with Crippen molar-refractivity contribution in [2.24, 2.45) is 0 Å². The fourth-order valence-electron chi connectivity index (χ4n) is 1.22. The molecule has 0 radical (unpaired) electrons. The van der Waals surface area contributed by atoms with E-state index in [1.54, 1.807) is 12.1 Å². The van der Waals surface area contributed by atoms with Gasteiger partial charge in [-0.25, -0.2) is 9.37 Å². The van der Waals surface area contributed by atoms with Gasteiger partial charge in [0.25, 0.3) is 0 Å². The van der Waals surface area contributed by atoms with Gasteiger partial charge in [0.1, 0.15) is 11.9 Å². The molecule has 0 atom stereocenters. The van der Waals surface area contributed by atoms with Crippen molar-refractivity contribution >= 4 is 0 Å². The van der Waals surface area contributed by atoms with Gasteiger partial charge in [-0.05, 0) is 24.3 Å². The van der Waals surface area contributed by atoms with Gasteiger partial charge in [-0.2, -0.15) is 5.26 Å². The van der Waals surface area contributed by atoms with Crippen LogP contribution in [0.1, 0.15) is 5.69 Å². The highest BCUT2D eigenvalue weighted by Crippen LogP contribution is 2.19. The van der Waals surface area contributed by atoms with Gasteiger partial charge < -0.3 is 4.98 Å². The Morgan fingerprint density at radius 2 is 2.00 bits per heavy atom. The lowest BCUT2D eigenvalue weighted by Crippen LogP contribution is -1.82. The second-order valence-electron chi connectivity index (χ2n) is 2.74. The maximum Gasteiger partial charge on any atom is 0.166 e. The number of H-pyrrole nitrogens is 1. The molecule has 2 rings (SSSR count). The van der Waals surface area contributed by atoms with Crippen molar-refractivity contribution in [3.8, 4) is 17.3 Å². The first-order valence-corrected chi connectivity index (χ1v) is 4.00. The third kappa shape index (κ3) is 1.36. The number of imidazole rings is 1. The van der Waals surface area contributed by atoms with Gasteiger partial charge in [0.15, 0.2) is 5.69 Å². The molecule has 14 heavy (non-hydrogen) atoms. The summed E-state index contributed by atoms with van der Waals surface area (Å²) in [7, 11) is 0. The number of nitrogens with one attached hydrogen (secondary N) is 1. The quantitative estimate of drug-likeness (QED) is 0.743. The molecule has 0 aliphatic carbocycles. The van der Waals surface area contributed by atoms with Gasteiger partial charge in [0, 0.05) is 5.56 Å². The Kier molecular flexibility index (Phi) is 1.99. The molecule has 3 nitrogen and oxygen atoms in total. The van der Waals surface area contributed by atoms with E-state index in [4.69, 9.17) is 5.26 Å². The monoisotopic (exact) mass is 187 g/mol. The molecule has 0 aliphatic heterocycles. The first kappa shape index (κ1) is 8.45. The van der Waals surface area contributed by atoms with E-state index in [0.29, 0.717) is 11.4 Å². The molecule has 0 saturated heterocycles. The summed E-state index contributed by atoms with van der Waals surface area (Å²) in [5.41, 5.74) is 1.68. The van der Waals surface area contributed by atoms with Crippen LogP contribution in [0.15, 0.2) is 30.6 Å². The number of nitriles is 1. The molecule has 0 unspecified atom stereocenters. The van der Waals surface area contributed by atoms with Crippen molar-refractivity contribution in [1.29, 1.82) is 5.26 Å². The lowest BCUT2D eigenvalue weighted by molar-refractivity contribution is 0.628. The number of nitrogens with zero attached hydrogens (tertiary/aromatic N) is 2. The molecule has 0 bridgehead atoms. The molecule has 0 amide bonds. The maximum atomic E-state index is 12.6. The molecular formula is C10H6FN3. The van der Waals surface area contributed by atoms with Crippen molar-refractivity contribution in [3.63, 3.8) is 0 Å². The predicted octanol–water partition coefficient (Wildman–Crippen LogP) is 2.09. The van der Waals surface area contributed by atoms with Crippen LogP contribution in [0.3, 0.4) is 0 Å². The van der Waals surface area contributed by atoms with Crippen LogP contribution in [-0.2, 0) is 0 Å². The predicted molar refractivity (Wildman–Crippen MR) is 48.7 cm³/mol. The molecule has 0 saturated carbocycles. The summed E-state index contributed by atoms with van der Waals surface area (Å²) in [4.78, 5) is 6.66. The minimum Gasteiger partial charge on any atom is -0.343 e. The minimum absolute atomic E-state index is 0.299. The Balaban J connectivity index is 2.50. The van der Waals surface area contributed by atoms with Crippen molar-refractivity contribution in [3.05, 3.63) is 42.1 Å². The molecule has 1 aromatic heterocycles. The number of aromatic nitrogens is 2. The largest absolute Gasteiger partial charge is 0.343 e. The number of hydrogen-bond acceptors (Lipinski definition) is 2. The molecule has 1 aromatic carbocycles. The van der Waals surface area contributed by atoms with E-state index in [-0.39, 0.29) is 5.82 Å². The van der Waals surface area contributed by atoms with Gasteiger partial charge in [-0.15, -0.1) is 0 Å². The molecule has 0 aliphatic rings. The zero-order chi connectivity index (χ0) is 9.97. The topological polar surface area (TPSA) is 52.5 Å². The van der Waals surface area contributed by atoms with Gasteiger partial charge in [0.05, 0.1) is 12.0 Å². The third-order valence-electron chi connectivity index (χ3n) is 1.88. The van der Waals surface area contributed by atoms with E-state index in [9.17, 15) is 4.39 Å². The Bertz CT molecular complexity index is 479. The zero-order valence-electron chi connectivity index (χ0n) is 7.16. The number of hydrogen-bond donors (Lipinski definition) is 1. The lowest BCUT2D eigenvalue weighted by atomic mass is 10.1. The van der Waals surface area contributed by atoms with Crippen molar-refractivity contribution in [2.75, 3.05) is 0 Å². The molecule has 4 heteroatoms. The van der Waals surface area contributed by atoms with Crippen molar-refractivity contribution < 1.29 is 4.39 Å². The highest BCUT2D eigenvalue weighted by molar-refractivity contribution is 5.64. The molecule has 1 N–H and O–H groups in total. The normalized spacial score (nSPS) is 9.71. The lowest BCUT2D eigenvalue weighted by Gasteiger charge is -1.96. The average Bonchev–Trinajstić information content (AvgIpc) is 2.67. The van der Waals surface area contributed by atoms with E-state index in [1.807, 2.05) is 6.07 Å². The van der Waals surface area contributed by atoms with Gasteiger partial charge in [-0.3, -0.25) is 0 Å². The third-order valence-corrected chi connectivity index (χ3v) is 1.88. The number of halogens is 1. The summed E-state index contributed by atoms with van der Waals surface area (Å²) in [6, 6.07) is 7.84. The fraction of sp³-hybridized carbons (Fsp3) is 0. The van der Waals surface area contributed by atoms with E-state index < -0.39 is 0 Å². The number of rotatable bonds is 1. The second-order valence-corrected chi connectivity index (χ2v) is 2.74. The van der Waals surface area contributed by atoms with Gasteiger partial charge in [-0.1, -0.05) is 0 Å². The van der Waals surface area contributed by atoms with E-state index in [0.717, 1.165) is 5.56 Å². The molecule has 2 aromatic rings. The second kappa shape index (κ2) is 3.30. The first-order valence-electron chi connectivity index (χ1n) is 4.00. The van der Waals surface area contributed by atoms with Crippen LogP contribution in [0.2, 0.25) is 0 Å². The van der Waals surface area contributed by atoms with Crippen LogP contribution in [0.25, 0.3) is 11.3 Å². The smallest absolute Gasteiger partial charge is 0.166 e. The Morgan fingerprint density at radius 3 is 2.64 bits per heavy atom. The minimum atomic E-state index is -0.299. The van der Waals surface area contributed by atoms with Gasteiger partial charge in [0.2, 0.25) is 0 Å². The summed E-state index contributed by atoms with van der Waals surface area (Å²) in [5, 5.41) is 8.72. The highest BCUT2D eigenvalue weighted by Gasteiger charge is 2.06.